The molecule has 4 N–H and O–H groups in total. The van der Waals surface area contributed by atoms with Gasteiger partial charge in [-0.3, -0.25) is 10.1 Å². The van der Waals surface area contributed by atoms with Gasteiger partial charge in [0.25, 0.3) is 0 Å². The summed E-state index contributed by atoms with van der Waals surface area (Å²) in [6.45, 7) is 9.73. The second-order valence-electron chi connectivity index (χ2n) is 9.67. The Hall–Kier alpha value is -3.91. The number of nitrogens with zero attached hydrogens (tertiary/aromatic N) is 5. The summed E-state index contributed by atoms with van der Waals surface area (Å²) in [5.41, 5.74) is 12.7. The minimum atomic E-state index is 0.193. The number of amidine groups is 1. The second-order valence-corrected chi connectivity index (χ2v) is 9.67. The Kier molecular flexibility index (Phi) is 5.81. The quantitative estimate of drug-likeness (QED) is 0.284. The third-order valence-electron chi connectivity index (χ3n) is 7.23. The number of pyridine rings is 1. The summed E-state index contributed by atoms with van der Waals surface area (Å²) in [7, 11) is 0. The Morgan fingerprint density at radius 2 is 1.97 bits per heavy atom. The fourth-order valence-electron chi connectivity index (χ4n) is 5.28. The lowest BCUT2D eigenvalue weighted by Gasteiger charge is -2.38. The van der Waals surface area contributed by atoms with Crippen LogP contribution in [0.5, 0.6) is 0 Å². The molecule has 2 saturated heterocycles. The number of aliphatic imine (C=N–C) groups is 1. The average Bonchev–Trinajstić information content (AvgIpc) is 3.52. The Morgan fingerprint density at radius 3 is 2.72 bits per heavy atom. The average molecular weight is 481 g/mol. The van der Waals surface area contributed by atoms with Gasteiger partial charge in [0.05, 0.1) is 28.8 Å². The molecule has 6 rings (SSSR count). The van der Waals surface area contributed by atoms with Gasteiger partial charge < -0.3 is 20.5 Å². The normalized spacial score (nSPS) is 17.7. The molecule has 0 unspecified atom stereocenters. The fourth-order valence-corrected chi connectivity index (χ4v) is 5.28. The van der Waals surface area contributed by atoms with Crippen molar-refractivity contribution in [3.8, 4) is 11.4 Å². The second kappa shape index (κ2) is 9.28. The van der Waals surface area contributed by atoms with Gasteiger partial charge in [0.15, 0.2) is 0 Å². The number of anilines is 1. The third kappa shape index (κ3) is 3.97. The zero-order chi connectivity index (χ0) is 24.6. The lowest BCUT2D eigenvalue weighted by molar-refractivity contribution is 0.256. The molecule has 3 aromatic heterocycles. The van der Waals surface area contributed by atoms with Crippen LogP contribution in [0.15, 0.2) is 60.3 Å². The zero-order valence-electron chi connectivity index (χ0n) is 20.7. The van der Waals surface area contributed by atoms with Gasteiger partial charge in [-0.25, -0.2) is 4.99 Å². The number of nitrogens with two attached hydrogens (primary N) is 1. The summed E-state index contributed by atoms with van der Waals surface area (Å²) in [4.78, 5) is 17.8. The first-order valence-corrected chi connectivity index (χ1v) is 12.7. The summed E-state index contributed by atoms with van der Waals surface area (Å²) < 4.78 is 0. The number of hydrogen-bond donors (Lipinski definition) is 3. The SMILES string of the molecule is C=CC(=N/C(=C\C)c1cc2c(-c3cc4c(N5CCCCC5)cccc4[nH]3)n[nH]c2cn1)N1CC(N)C1. The van der Waals surface area contributed by atoms with Gasteiger partial charge in [-0.05, 0) is 56.5 Å². The molecule has 0 amide bonds. The van der Waals surface area contributed by atoms with Crippen molar-refractivity contribution in [3.05, 3.63) is 61.0 Å². The summed E-state index contributed by atoms with van der Waals surface area (Å²) in [5, 5.41) is 10.1. The Balaban J connectivity index is 1.38. The number of H-pyrrole nitrogens is 2. The molecular formula is C28H32N8. The number of piperidine rings is 1. The van der Waals surface area contributed by atoms with Crippen LogP contribution in [0.1, 0.15) is 31.9 Å². The number of benzene rings is 1. The number of fused-ring (bicyclic) bond motifs is 2. The van der Waals surface area contributed by atoms with Gasteiger partial charge in [-0.1, -0.05) is 18.7 Å². The van der Waals surface area contributed by atoms with Gasteiger partial charge >= 0.3 is 0 Å². The topological polar surface area (TPSA) is 102 Å². The summed E-state index contributed by atoms with van der Waals surface area (Å²) in [5.74, 6) is 0.819. The van der Waals surface area contributed by atoms with E-state index in [1.54, 1.807) is 6.08 Å². The minimum Gasteiger partial charge on any atom is -0.371 e. The molecule has 8 heteroatoms. The molecule has 8 nitrogen and oxygen atoms in total. The standard InChI is InChI=1S/C28H32N8/c1-3-21(32-27(4-2)36-16-18(29)17-36)23-14-20-25(15-30-23)33-34-28(20)24-13-19-22(31-24)9-8-10-26(19)35-11-6-5-7-12-35/h3-4,8-10,13-15,18,31H,2,5-7,11-12,16-17,29H2,1H3,(H,33,34)/b21-3-,32-27?. The van der Waals surface area contributed by atoms with Gasteiger partial charge in [0.1, 0.15) is 11.5 Å². The van der Waals surface area contributed by atoms with E-state index in [0.29, 0.717) is 0 Å². The van der Waals surface area contributed by atoms with Crippen LogP contribution in [0.25, 0.3) is 38.9 Å². The van der Waals surface area contributed by atoms with Crippen LogP contribution < -0.4 is 10.6 Å². The van der Waals surface area contributed by atoms with E-state index in [1.807, 2.05) is 19.2 Å². The van der Waals surface area contributed by atoms with Crippen molar-refractivity contribution < 1.29 is 0 Å². The highest BCUT2D eigenvalue weighted by molar-refractivity contribution is 6.01. The van der Waals surface area contributed by atoms with E-state index in [-0.39, 0.29) is 6.04 Å². The van der Waals surface area contributed by atoms with E-state index in [4.69, 9.17) is 10.7 Å². The highest BCUT2D eigenvalue weighted by atomic mass is 15.3. The van der Waals surface area contributed by atoms with Crippen molar-refractivity contribution in [2.45, 2.75) is 32.2 Å². The summed E-state index contributed by atoms with van der Waals surface area (Å²) >= 11 is 0. The van der Waals surface area contributed by atoms with Crippen LogP contribution in [-0.4, -0.2) is 63.1 Å². The first-order valence-electron chi connectivity index (χ1n) is 12.7. The third-order valence-corrected chi connectivity index (χ3v) is 7.23. The maximum atomic E-state index is 5.96. The first kappa shape index (κ1) is 22.5. The van der Waals surface area contributed by atoms with Gasteiger partial charge in [0, 0.05) is 54.2 Å². The van der Waals surface area contributed by atoms with E-state index >= 15 is 0 Å². The molecule has 0 saturated carbocycles. The van der Waals surface area contributed by atoms with E-state index in [1.165, 1.54) is 30.3 Å². The summed E-state index contributed by atoms with van der Waals surface area (Å²) in [6.07, 6.45) is 9.41. The molecule has 0 atom stereocenters. The number of nitrogens with one attached hydrogen (secondary N) is 2. The smallest absolute Gasteiger partial charge is 0.128 e. The maximum absolute atomic E-state index is 5.96. The molecule has 2 aliphatic heterocycles. The predicted octanol–water partition coefficient (Wildman–Crippen LogP) is 4.68. The highest BCUT2D eigenvalue weighted by Crippen LogP contribution is 2.35. The maximum Gasteiger partial charge on any atom is 0.128 e. The fraction of sp³-hybridized carbons (Fsp3) is 0.321. The number of aromatic nitrogens is 4. The molecule has 0 bridgehead atoms. The first-order chi connectivity index (χ1) is 17.6. The van der Waals surface area contributed by atoms with Gasteiger partial charge in [-0.2, -0.15) is 5.10 Å². The van der Waals surface area contributed by atoms with Crippen molar-refractivity contribution in [1.29, 1.82) is 0 Å². The van der Waals surface area contributed by atoms with Crippen LogP contribution in [0.2, 0.25) is 0 Å². The zero-order valence-corrected chi connectivity index (χ0v) is 20.7. The van der Waals surface area contributed by atoms with Crippen LogP contribution >= 0.6 is 0 Å². The van der Waals surface area contributed by atoms with Gasteiger partial charge in [-0.15, -0.1) is 0 Å². The lowest BCUT2D eigenvalue weighted by Crippen LogP contribution is -2.57. The van der Waals surface area contributed by atoms with Crippen molar-refractivity contribution >= 4 is 39.0 Å². The van der Waals surface area contributed by atoms with Crippen molar-refractivity contribution in [2.24, 2.45) is 10.7 Å². The largest absolute Gasteiger partial charge is 0.371 e. The van der Waals surface area contributed by atoms with E-state index in [2.05, 4.69) is 66.9 Å². The monoisotopic (exact) mass is 480 g/mol. The van der Waals surface area contributed by atoms with E-state index in [9.17, 15) is 0 Å². The number of likely N-dealkylation sites (tertiary alicyclic amines) is 1. The molecule has 0 spiro atoms. The lowest BCUT2D eigenvalue weighted by atomic mass is 10.1. The van der Waals surface area contributed by atoms with Crippen LogP contribution in [0.3, 0.4) is 0 Å². The number of aromatic amines is 2. The molecule has 4 aromatic rings. The highest BCUT2D eigenvalue weighted by Gasteiger charge is 2.25. The van der Waals surface area contributed by atoms with Crippen molar-refractivity contribution in [1.82, 2.24) is 25.1 Å². The molecule has 1 aromatic carbocycles. The Morgan fingerprint density at radius 1 is 1.14 bits per heavy atom. The number of allylic oxidation sites excluding steroid dienone is 1. The Bertz CT molecular complexity index is 1480. The van der Waals surface area contributed by atoms with Crippen molar-refractivity contribution in [3.63, 3.8) is 0 Å². The van der Waals surface area contributed by atoms with Crippen LogP contribution in [-0.2, 0) is 0 Å². The van der Waals surface area contributed by atoms with E-state index < -0.39 is 0 Å². The Labute approximate surface area is 210 Å². The molecule has 2 fully saturated rings. The molecule has 2 aliphatic rings. The molecule has 184 valence electrons. The summed E-state index contributed by atoms with van der Waals surface area (Å²) in [6, 6.07) is 11.0. The van der Waals surface area contributed by atoms with Crippen molar-refractivity contribution in [2.75, 3.05) is 31.1 Å². The molecule has 36 heavy (non-hydrogen) atoms. The van der Waals surface area contributed by atoms with Crippen LogP contribution in [0.4, 0.5) is 5.69 Å². The van der Waals surface area contributed by atoms with E-state index in [0.717, 1.165) is 71.2 Å². The molecule has 0 radical (unpaired) electrons. The minimum absolute atomic E-state index is 0.193. The van der Waals surface area contributed by atoms with Crippen LogP contribution in [0, 0.1) is 0 Å². The molecule has 5 heterocycles. The number of rotatable bonds is 5. The predicted molar refractivity (Wildman–Crippen MR) is 148 cm³/mol. The number of hydrogen-bond acceptors (Lipinski definition) is 5. The van der Waals surface area contributed by atoms with Gasteiger partial charge in [0.2, 0.25) is 0 Å². The molecule has 0 aliphatic carbocycles. The molecular weight excluding hydrogens is 448 g/mol.